The van der Waals surface area contributed by atoms with Gasteiger partial charge in [-0.3, -0.25) is 14.5 Å². The molecule has 0 bridgehead atoms. The smallest absolute Gasteiger partial charge is 0.228 e. The Kier molecular flexibility index (Phi) is 4.94. The average Bonchev–Trinajstić information content (AvgIpc) is 3.43. The monoisotopic (exact) mass is 359 g/mol. The zero-order valence-corrected chi connectivity index (χ0v) is 15.1. The van der Waals surface area contributed by atoms with Crippen molar-refractivity contribution in [3.05, 3.63) is 35.6 Å². The largest absolute Gasteiger partial charge is 0.341 e. The number of halogens is 1. The van der Waals surface area contributed by atoms with E-state index in [1.807, 2.05) is 21.9 Å². The van der Waals surface area contributed by atoms with Gasteiger partial charge in [-0.15, -0.1) is 0 Å². The first-order valence-electron chi connectivity index (χ1n) is 9.66. The van der Waals surface area contributed by atoms with Crippen molar-refractivity contribution >= 4 is 11.8 Å². The van der Waals surface area contributed by atoms with Crippen molar-refractivity contribution in [3.8, 4) is 0 Å². The number of benzene rings is 1. The van der Waals surface area contributed by atoms with E-state index in [1.165, 1.54) is 6.07 Å². The molecule has 0 spiro atoms. The Morgan fingerprint density at radius 2 is 1.92 bits per heavy atom. The van der Waals surface area contributed by atoms with Crippen molar-refractivity contribution in [1.29, 1.82) is 0 Å². The van der Waals surface area contributed by atoms with Gasteiger partial charge in [-0.05, 0) is 25.3 Å². The number of nitrogens with zero attached hydrogens (tertiary/aromatic N) is 3. The van der Waals surface area contributed by atoms with Crippen LogP contribution in [0.5, 0.6) is 0 Å². The average molecular weight is 359 g/mol. The first kappa shape index (κ1) is 17.5. The fourth-order valence-electron chi connectivity index (χ4n) is 4.11. The highest BCUT2D eigenvalue weighted by Crippen LogP contribution is 2.33. The van der Waals surface area contributed by atoms with Crippen LogP contribution in [0.2, 0.25) is 0 Å². The molecule has 0 aromatic heterocycles. The number of likely N-dealkylation sites (tertiary alicyclic amines) is 1. The molecule has 3 fully saturated rings. The Hall–Kier alpha value is -1.95. The van der Waals surface area contributed by atoms with Crippen LogP contribution in [-0.4, -0.2) is 65.3 Å². The van der Waals surface area contributed by atoms with Crippen LogP contribution in [0.3, 0.4) is 0 Å². The van der Waals surface area contributed by atoms with Gasteiger partial charge in [-0.25, -0.2) is 4.39 Å². The molecule has 2 amide bonds. The van der Waals surface area contributed by atoms with Crippen LogP contribution in [0, 0.1) is 11.7 Å². The van der Waals surface area contributed by atoms with Crippen LogP contribution in [0.25, 0.3) is 0 Å². The van der Waals surface area contributed by atoms with E-state index in [1.54, 1.807) is 6.07 Å². The summed E-state index contributed by atoms with van der Waals surface area (Å²) in [7, 11) is 0. The van der Waals surface area contributed by atoms with E-state index in [2.05, 4.69) is 4.90 Å². The lowest BCUT2D eigenvalue weighted by Gasteiger charge is -2.24. The van der Waals surface area contributed by atoms with Crippen molar-refractivity contribution in [2.75, 3.05) is 32.7 Å². The standard InChI is InChI=1S/C20H26FN3O2/c21-18-5-2-1-4-15(18)13-22-8-3-9-23(11-10-22)20(26)16-12-19(25)24(14-16)17-6-7-17/h1-2,4-5,16-17H,3,6-14H2. The molecule has 26 heavy (non-hydrogen) atoms. The molecule has 0 radical (unpaired) electrons. The van der Waals surface area contributed by atoms with Crippen LogP contribution >= 0.6 is 0 Å². The predicted octanol–water partition coefficient (Wildman–Crippen LogP) is 1.87. The summed E-state index contributed by atoms with van der Waals surface area (Å²) in [5.74, 6) is -0.0911. The van der Waals surface area contributed by atoms with Crippen molar-refractivity contribution in [2.24, 2.45) is 5.92 Å². The second kappa shape index (κ2) is 7.35. The molecule has 4 rings (SSSR count). The third-order valence-corrected chi connectivity index (χ3v) is 5.75. The number of carbonyl (C=O) groups is 2. The molecule has 6 heteroatoms. The van der Waals surface area contributed by atoms with E-state index in [-0.39, 0.29) is 23.5 Å². The number of rotatable bonds is 4. The first-order chi connectivity index (χ1) is 12.6. The molecule has 2 heterocycles. The molecule has 1 aromatic rings. The van der Waals surface area contributed by atoms with E-state index in [4.69, 9.17) is 0 Å². The highest BCUT2D eigenvalue weighted by atomic mass is 19.1. The van der Waals surface area contributed by atoms with E-state index in [0.717, 1.165) is 38.9 Å². The summed E-state index contributed by atoms with van der Waals surface area (Å²) in [5, 5.41) is 0. The number of hydrogen-bond donors (Lipinski definition) is 0. The zero-order chi connectivity index (χ0) is 18.1. The van der Waals surface area contributed by atoms with E-state index in [9.17, 15) is 14.0 Å². The minimum absolute atomic E-state index is 0.120. The normalized spacial score (nSPS) is 24.8. The van der Waals surface area contributed by atoms with Gasteiger partial charge in [-0.1, -0.05) is 18.2 Å². The second-order valence-electron chi connectivity index (χ2n) is 7.72. The van der Waals surface area contributed by atoms with Gasteiger partial charge in [0.05, 0.1) is 5.92 Å². The predicted molar refractivity (Wildman–Crippen MR) is 95.7 cm³/mol. The minimum atomic E-state index is -0.179. The molecule has 1 atom stereocenters. The van der Waals surface area contributed by atoms with Crippen molar-refractivity contribution in [3.63, 3.8) is 0 Å². The van der Waals surface area contributed by atoms with Gasteiger partial charge in [0, 0.05) is 57.3 Å². The molecule has 1 unspecified atom stereocenters. The molecular formula is C20H26FN3O2. The number of hydrogen-bond acceptors (Lipinski definition) is 3. The summed E-state index contributed by atoms with van der Waals surface area (Å²) in [4.78, 5) is 31.0. The third kappa shape index (κ3) is 3.75. The summed E-state index contributed by atoms with van der Waals surface area (Å²) < 4.78 is 13.9. The van der Waals surface area contributed by atoms with E-state index in [0.29, 0.717) is 37.7 Å². The van der Waals surface area contributed by atoms with Gasteiger partial charge in [-0.2, -0.15) is 0 Å². The topological polar surface area (TPSA) is 43.9 Å². The lowest BCUT2D eigenvalue weighted by molar-refractivity contribution is -0.135. The van der Waals surface area contributed by atoms with Crippen LogP contribution in [0.4, 0.5) is 4.39 Å². The summed E-state index contributed by atoms with van der Waals surface area (Å²) >= 11 is 0. The highest BCUT2D eigenvalue weighted by Gasteiger charge is 2.42. The molecule has 1 saturated carbocycles. The molecule has 5 nitrogen and oxygen atoms in total. The van der Waals surface area contributed by atoms with Crippen molar-refractivity contribution in [1.82, 2.24) is 14.7 Å². The Morgan fingerprint density at radius 1 is 1.12 bits per heavy atom. The second-order valence-corrected chi connectivity index (χ2v) is 7.72. The van der Waals surface area contributed by atoms with E-state index < -0.39 is 0 Å². The summed E-state index contributed by atoms with van der Waals surface area (Å²) in [6.45, 7) is 4.15. The summed E-state index contributed by atoms with van der Waals surface area (Å²) in [5.41, 5.74) is 0.703. The Bertz CT molecular complexity index is 691. The summed E-state index contributed by atoms with van der Waals surface area (Å²) in [6.07, 6.45) is 3.42. The van der Waals surface area contributed by atoms with Crippen molar-refractivity contribution < 1.29 is 14.0 Å². The fraction of sp³-hybridized carbons (Fsp3) is 0.600. The Balaban J connectivity index is 1.32. The third-order valence-electron chi connectivity index (χ3n) is 5.75. The van der Waals surface area contributed by atoms with Gasteiger partial charge in [0.15, 0.2) is 0 Å². The number of carbonyl (C=O) groups excluding carboxylic acids is 2. The lowest BCUT2D eigenvalue weighted by atomic mass is 10.1. The molecule has 1 aromatic carbocycles. The molecule has 1 aliphatic carbocycles. The maximum absolute atomic E-state index is 13.9. The van der Waals surface area contributed by atoms with Gasteiger partial charge in [0.1, 0.15) is 5.82 Å². The first-order valence-corrected chi connectivity index (χ1v) is 9.66. The molecule has 2 saturated heterocycles. The fourth-order valence-corrected chi connectivity index (χ4v) is 4.11. The highest BCUT2D eigenvalue weighted by molar-refractivity contribution is 5.89. The van der Waals surface area contributed by atoms with Crippen LogP contribution in [-0.2, 0) is 16.1 Å². The Morgan fingerprint density at radius 3 is 2.69 bits per heavy atom. The van der Waals surface area contributed by atoms with Crippen LogP contribution in [0.1, 0.15) is 31.2 Å². The molecule has 3 aliphatic rings. The van der Waals surface area contributed by atoms with Gasteiger partial charge < -0.3 is 9.80 Å². The molecule has 2 aliphatic heterocycles. The Labute approximate surface area is 153 Å². The number of amides is 2. The van der Waals surface area contributed by atoms with E-state index >= 15 is 0 Å². The molecule has 140 valence electrons. The van der Waals surface area contributed by atoms with Gasteiger partial charge in [0.2, 0.25) is 11.8 Å². The minimum Gasteiger partial charge on any atom is -0.341 e. The quantitative estimate of drug-likeness (QED) is 0.824. The van der Waals surface area contributed by atoms with Crippen molar-refractivity contribution in [2.45, 2.75) is 38.3 Å². The molecular weight excluding hydrogens is 333 g/mol. The van der Waals surface area contributed by atoms with Crippen LogP contribution < -0.4 is 0 Å². The maximum Gasteiger partial charge on any atom is 0.228 e. The van der Waals surface area contributed by atoms with Gasteiger partial charge >= 0.3 is 0 Å². The van der Waals surface area contributed by atoms with Gasteiger partial charge in [0.25, 0.3) is 0 Å². The lowest BCUT2D eigenvalue weighted by Crippen LogP contribution is -2.40. The summed E-state index contributed by atoms with van der Waals surface area (Å²) in [6, 6.07) is 7.26. The SMILES string of the molecule is O=C(C1CC(=O)N(C2CC2)C1)N1CCCN(Cc2ccccc2F)CC1. The van der Waals surface area contributed by atoms with Crippen LogP contribution in [0.15, 0.2) is 24.3 Å². The zero-order valence-electron chi connectivity index (χ0n) is 15.1. The maximum atomic E-state index is 13.9. The molecule has 0 N–H and O–H groups in total.